The number of hydrogen-bond acceptors (Lipinski definition) is 5. The highest BCUT2D eigenvalue weighted by Gasteiger charge is 2.16. The predicted octanol–water partition coefficient (Wildman–Crippen LogP) is 1.32. The van der Waals surface area contributed by atoms with Crippen molar-refractivity contribution < 1.29 is 5.21 Å². The molecule has 1 aromatic heterocycles. The fourth-order valence-corrected chi connectivity index (χ4v) is 2.03. The molecule has 1 rings (SSSR count). The Hall–Kier alpha value is -1.14. The van der Waals surface area contributed by atoms with Crippen molar-refractivity contribution in [2.45, 2.75) is 32.4 Å². The van der Waals surface area contributed by atoms with Crippen LogP contribution in [0, 0.1) is 0 Å². The van der Waals surface area contributed by atoms with Crippen LogP contribution in [0.25, 0.3) is 0 Å². The monoisotopic (exact) mass is 228 g/mol. The van der Waals surface area contributed by atoms with Crippen molar-refractivity contribution in [3.8, 4) is 0 Å². The zero-order valence-electron chi connectivity index (χ0n) is 8.84. The lowest BCUT2D eigenvalue weighted by molar-refractivity contribution is 0.314. The maximum atomic E-state index is 8.53. The van der Waals surface area contributed by atoms with E-state index in [0.717, 1.165) is 11.4 Å². The molecule has 5 nitrogen and oxygen atoms in total. The molecule has 4 N–H and O–H groups in total. The van der Waals surface area contributed by atoms with Crippen LogP contribution >= 0.6 is 11.3 Å². The number of nitrogens with one attached hydrogen (secondary N) is 1. The highest BCUT2D eigenvalue weighted by atomic mass is 32.1. The largest absolute Gasteiger partial charge is 0.409 e. The molecule has 0 saturated heterocycles. The SMILES string of the molecule is CCC(NC(C)C(N)=NO)c1nccs1. The lowest BCUT2D eigenvalue weighted by Gasteiger charge is -2.19. The average molecular weight is 228 g/mol. The zero-order chi connectivity index (χ0) is 11.3. The third-order valence-electron chi connectivity index (χ3n) is 2.17. The summed E-state index contributed by atoms with van der Waals surface area (Å²) in [5.74, 6) is 0.185. The quantitative estimate of drug-likeness (QED) is 0.307. The van der Waals surface area contributed by atoms with Gasteiger partial charge in [0.25, 0.3) is 0 Å². The first-order valence-electron chi connectivity index (χ1n) is 4.81. The van der Waals surface area contributed by atoms with Gasteiger partial charge in [0.15, 0.2) is 5.84 Å². The molecule has 0 aliphatic carbocycles. The second kappa shape index (κ2) is 5.67. The minimum Gasteiger partial charge on any atom is -0.409 e. The van der Waals surface area contributed by atoms with E-state index in [2.05, 4.69) is 22.4 Å². The number of thiazole rings is 1. The van der Waals surface area contributed by atoms with E-state index in [1.165, 1.54) is 0 Å². The van der Waals surface area contributed by atoms with Crippen molar-refractivity contribution in [3.05, 3.63) is 16.6 Å². The van der Waals surface area contributed by atoms with E-state index in [0.29, 0.717) is 0 Å². The Morgan fingerprint density at radius 2 is 2.53 bits per heavy atom. The molecule has 0 bridgehead atoms. The van der Waals surface area contributed by atoms with Crippen LogP contribution in [-0.2, 0) is 0 Å². The molecule has 2 unspecified atom stereocenters. The van der Waals surface area contributed by atoms with E-state index in [4.69, 9.17) is 10.9 Å². The number of nitrogens with two attached hydrogens (primary N) is 1. The molecule has 0 aliphatic rings. The summed E-state index contributed by atoms with van der Waals surface area (Å²) in [6.07, 6.45) is 2.69. The van der Waals surface area contributed by atoms with Gasteiger partial charge < -0.3 is 10.9 Å². The molecule has 2 atom stereocenters. The molecular formula is C9H16N4OS. The molecule has 0 amide bonds. The van der Waals surface area contributed by atoms with Gasteiger partial charge in [-0.05, 0) is 13.3 Å². The Kier molecular flexibility index (Phi) is 4.51. The summed E-state index contributed by atoms with van der Waals surface area (Å²) in [4.78, 5) is 4.24. The van der Waals surface area contributed by atoms with Crippen molar-refractivity contribution >= 4 is 17.2 Å². The first kappa shape index (κ1) is 11.9. The van der Waals surface area contributed by atoms with Crippen LogP contribution in [0.1, 0.15) is 31.3 Å². The molecule has 1 aromatic rings. The zero-order valence-corrected chi connectivity index (χ0v) is 9.66. The lowest BCUT2D eigenvalue weighted by atomic mass is 10.2. The molecule has 1 heterocycles. The van der Waals surface area contributed by atoms with Gasteiger partial charge in [0.1, 0.15) is 5.01 Å². The lowest BCUT2D eigenvalue weighted by Crippen LogP contribution is -2.40. The summed E-state index contributed by atoms with van der Waals surface area (Å²) in [7, 11) is 0. The van der Waals surface area contributed by atoms with E-state index in [1.54, 1.807) is 17.5 Å². The molecule has 0 saturated carbocycles. The molecule has 0 radical (unpaired) electrons. The number of rotatable bonds is 5. The van der Waals surface area contributed by atoms with Crippen LogP contribution < -0.4 is 11.1 Å². The van der Waals surface area contributed by atoms with Crippen LogP contribution in [-0.4, -0.2) is 22.1 Å². The number of oxime groups is 1. The smallest absolute Gasteiger partial charge is 0.156 e. The van der Waals surface area contributed by atoms with Crippen molar-refractivity contribution in [3.63, 3.8) is 0 Å². The third-order valence-corrected chi connectivity index (χ3v) is 3.06. The van der Waals surface area contributed by atoms with Gasteiger partial charge in [0.05, 0.1) is 12.1 Å². The summed E-state index contributed by atoms with van der Waals surface area (Å²) in [5.41, 5.74) is 5.49. The van der Waals surface area contributed by atoms with Gasteiger partial charge >= 0.3 is 0 Å². The van der Waals surface area contributed by atoms with Crippen molar-refractivity contribution in [1.29, 1.82) is 0 Å². The number of hydrogen-bond donors (Lipinski definition) is 3. The number of aromatic nitrogens is 1. The minimum absolute atomic E-state index is 0.153. The first-order valence-corrected chi connectivity index (χ1v) is 5.69. The van der Waals surface area contributed by atoms with Crippen LogP contribution in [0.2, 0.25) is 0 Å². The Labute approximate surface area is 93.0 Å². The van der Waals surface area contributed by atoms with Crippen LogP contribution in [0.3, 0.4) is 0 Å². The molecule has 0 aliphatic heterocycles. The van der Waals surface area contributed by atoms with Gasteiger partial charge in [-0.3, -0.25) is 5.32 Å². The summed E-state index contributed by atoms with van der Waals surface area (Å²) in [6, 6.07) is -0.0100. The van der Waals surface area contributed by atoms with E-state index in [-0.39, 0.29) is 17.9 Å². The average Bonchev–Trinajstić information content (AvgIpc) is 2.77. The molecule has 6 heteroatoms. The van der Waals surface area contributed by atoms with Gasteiger partial charge in [-0.1, -0.05) is 12.1 Å². The maximum absolute atomic E-state index is 8.53. The number of amidine groups is 1. The number of nitrogens with zero attached hydrogens (tertiary/aromatic N) is 2. The summed E-state index contributed by atoms with van der Waals surface area (Å²) < 4.78 is 0. The van der Waals surface area contributed by atoms with E-state index >= 15 is 0 Å². The Balaban J connectivity index is 2.62. The van der Waals surface area contributed by atoms with E-state index < -0.39 is 0 Å². The van der Waals surface area contributed by atoms with Gasteiger partial charge in [-0.25, -0.2) is 4.98 Å². The summed E-state index contributed by atoms with van der Waals surface area (Å²) in [5, 5.41) is 17.7. The minimum atomic E-state index is -0.163. The molecule has 15 heavy (non-hydrogen) atoms. The molecular weight excluding hydrogens is 212 g/mol. The van der Waals surface area contributed by atoms with Gasteiger partial charge in [0.2, 0.25) is 0 Å². The maximum Gasteiger partial charge on any atom is 0.156 e. The molecule has 0 aromatic carbocycles. The standard InChI is InChI=1S/C9H16N4OS/c1-3-7(9-11-4-5-15-9)12-6(2)8(10)13-14/h4-7,12,14H,3H2,1-2H3,(H2,10,13). The van der Waals surface area contributed by atoms with E-state index in [9.17, 15) is 0 Å². The topological polar surface area (TPSA) is 83.5 Å². The fraction of sp³-hybridized carbons (Fsp3) is 0.556. The van der Waals surface area contributed by atoms with Crippen LogP contribution in [0.15, 0.2) is 16.7 Å². The second-order valence-corrected chi connectivity index (χ2v) is 4.17. The second-order valence-electron chi connectivity index (χ2n) is 3.24. The van der Waals surface area contributed by atoms with E-state index in [1.807, 2.05) is 12.3 Å². The molecule has 84 valence electrons. The van der Waals surface area contributed by atoms with Gasteiger partial charge in [0, 0.05) is 11.6 Å². The highest BCUT2D eigenvalue weighted by Crippen LogP contribution is 2.19. The summed E-state index contributed by atoms with van der Waals surface area (Å²) >= 11 is 1.60. The normalized spacial score (nSPS) is 16.3. The molecule has 0 fully saturated rings. The van der Waals surface area contributed by atoms with Crippen molar-refractivity contribution in [1.82, 2.24) is 10.3 Å². The van der Waals surface area contributed by atoms with Gasteiger partial charge in [-0.15, -0.1) is 11.3 Å². The first-order chi connectivity index (χ1) is 7.19. The predicted molar refractivity (Wildman–Crippen MR) is 61.2 cm³/mol. The summed E-state index contributed by atoms with van der Waals surface area (Å²) in [6.45, 7) is 3.92. The Morgan fingerprint density at radius 3 is 3.00 bits per heavy atom. The third kappa shape index (κ3) is 3.17. The fourth-order valence-electron chi connectivity index (χ4n) is 1.24. The van der Waals surface area contributed by atoms with Crippen molar-refractivity contribution in [2.75, 3.05) is 0 Å². The molecule has 0 spiro atoms. The van der Waals surface area contributed by atoms with Gasteiger partial charge in [-0.2, -0.15) is 0 Å². The Morgan fingerprint density at radius 1 is 1.80 bits per heavy atom. The van der Waals surface area contributed by atoms with Crippen LogP contribution in [0.5, 0.6) is 0 Å². The van der Waals surface area contributed by atoms with Crippen LogP contribution in [0.4, 0.5) is 0 Å². The highest BCUT2D eigenvalue weighted by molar-refractivity contribution is 7.09. The Bertz CT molecular complexity index is 312. The van der Waals surface area contributed by atoms with Crippen molar-refractivity contribution in [2.24, 2.45) is 10.9 Å².